The highest BCUT2D eigenvalue weighted by Crippen LogP contribution is 2.23. The minimum atomic E-state index is 0.0983. The van der Waals surface area contributed by atoms with E-state index in [0.29, 0.717) is 6.54 Å². The monoisotopic (exact) mass is 271 g/mol. The number of likely N-dealkylation sites (N-methyl/N-ethyl adjacent to an activating group) is 1. The zero-order chi connectivity index (χ0) is 14.4. The Balaban J connectivity index is 2.15. The highest BCUT2D eigenvalue weighted by atomic mass is 16.5. The summed E-state index contributed by atoms with van der Waals surface area (Å²) in [5, 5.41) is 0. The van der Waals surface area contributed by atoms with Gasteiger partial charge < -0.3 is 10.5 Å². The van der Waals surface area contributed by atoms with Crippen molar-refractivity contribution in [2.75, 3.05) is 20.7 Å². The van der Waals surface area contributed by atoms with E-state index in [1.165, 1.54) is 0 Å². The van der Waals surface area contributed by atoms with Crippen molar-refractivity contribution in [2.24, 2.45) is 5.73 Å². The highest BCUT2D eigenvalue weighted by Gasteiger charge is 2.17. The molecule has 2 aromatic rings. The molecule has 1 aromatic heterocycles. The van der Waals surface area contributed by atoms with Gasteiger partial charge in [-0.2, -0.15) is 0 Å². The SMILES string of the molecule is COc1ccccc1CN(C)C(CN)c1ccccn1. The van der Waals surface area contributed by atoms with Gasteiger partial charge in [-0.3, -0.25) is 9.88 Å². The van der Waals surface area contributed by atoms with Crippen LogP contribution in [0.25, 0.3) is 0 Å². The molecule has 4 nitrogen and oxygen atoms in total. The second kappa shape index (κ2) is 7.03. The van der Waals surface area contributed by atoms with Crippen LogP contribution in [0.2, 0.25) is 0 Å². The third-order valence-corrected chi connectivity index (χ3v) is 3.40. The standard InChI is InChI=1S/C16H21N3O/c1-19(12-13-7-3-4-9-16(13)20-2)15(11-17)14-8-5-6-10-18-14/h3-10,15H,11-12,17H2,1-2H3. The van der Waals surface area contributed by atoms with Crippen LogP contribution in [-0.4, -0.2) is 30.6 Å². The van der Waals surface area contributed by atoms with Crippen LogP contribution in [0, 0.1) is 0 Å². The third kappa shape index (κ3) is 3.35. The summed E-state index contributed by atoms with van der Waals surface area (Å²) in [4.78, 5) is 6.60. The van der Waals surface area contributed by atoms with Crippen molar-refractivity contribution >= 4 is 0 Å². The Morgan fingerprint density at radius 2 is 1.95 bits per heavy atom. The first-order valence-corrected chi connectivity index (χ1v) is 6.69. The molecule has 2 rings (SSSR count). The van der Waals surface area contributed by atoms with Gasteiger partial charge in [-0.25, -0.2) is 0 Å². The predicted molar refractivity (Wildman–Crippen MR) is 80.5 cm³/mol. The summed E-state index contributed by atoms with van der Waals surface area (Å²) in [5.41, 5.74) is 8.06. The molecule has 1 aromatic carbocycles. The average molecular weight is 271 g/mol. The van der Waals surface area contributed by atoms with Gasteiger partial charge in [0.1, 0.15) is 5.75 Å². The summed E-state index contributed by atoms with van der Waals surface area (Å²) in [6, 6.07) is 14.0. The first-order valence-electron chi connectivity index (χ1n) is 6.69. The number of rotatable bonds is 6. The molecule has 0 bridgehead atoms. The number of nitrogens with two attached hydrogens (primary N) is 1. The van der Waals surface area contributed by atoms with E-state index in [2.05, 4.69) is 23.0 Å². The highest BCUT2D eigenvalue weighted by molar-refractivity contribution is 5.33. The molecule has 1 atom stereocenters. The van der Waals surface area contributed by atoms with E-state index in [-0.39, 0.29) is 6.04 Å². The van der Waals surface area contributed by atoms with Crippen molar-refractivity contribution in [3.8, 4) is 5.75 Å². The fourth-order valence-electron chi connectivity index (χ4n) is 2.31. The maximum Gasteiger partial charge on any atom is 0.123 e. The van der Waals surface area contributed by atoms with Crippen LogP contribution in [0.1, 0.15) is 17.3 Å². The van der Waals surface area contributed by atoms with Crippen LogP contribution < -0.4 is 10.5 Å². The number of hydrogen-bond acceptors (Lipinski definition) is 4. The summed E-state index contributed by atoms with van der Waals surface area (Å²) in [6.07, 6.45) is 1.80. The predicted octanol–water partition coefficient (Wildman–Crippen LogP) is 2.22. The van der Waals surface area contributed by atoms with Crippen molar-refractivity contribution in [3.63, 3.8) is 0 Å². The lowest BCUT2D eigenvalue weighted by Crippen LogP contribution is -2.30. The van der Waals surface area contributed by atoms with Crippen molar-refractivity contribution < 1.29 is 4.74 Å². The number of hydrogen-bond donors (Lipinski definition) is 1. The first kappa shape index (κ1) is 14.5. The number of benzene rings is 1. The van der Waals surface area contributed by atoms with Crippen molar-refractivity contribution in [3.05, 3.63) is 59.9 Å². The van der Waals surface area contributed by atoms with E-state index in [1.54, 1.807) is 13.3 Å². The van der Waals surface area contributed by atoms with Gasteiger partial charge >= 0.3 is 0 Å². The minimum Gasteiger partial charge on any atom is -0.496 e. The van der Waals surface area contributed by atoms with E-state index >= 15 is 0 Å². The molecule has 0 saturated carbocycles. The minimum absolute atomic E-state index is 0.0983. The fraction of sp³-hybridized carbons (Fsp3) is 0.312. The lowest BCUT2D eigenvalue weighted by atomic mass is 10.1. The molecule has 1 unspecified atom stereocenters. The van der Waals surface area contributed by atoms with Crippen molar-refractivity contribution in [2.45, 2.75) is 12.6 Å². The third-order valence-electron chi connectivity index (χ3n) is 3.40. The first-order chi connectivity index (χ1) is 9.76. The normalized spacial score (nSPS) is 12.4. The van der Waals surface area contributed by atoms with Crippen LogP contribution in [0.4, 0.5) is 0 Å². The van der Waals surface area contributed by atoms with Crippen LogP contribution in [0.15, 0.2) is 48.7 Å². The Morgan fingerprint density at radius 1 is 1.20 bits per heavy atom. The number of pyridine rings is 1. The lowest BCUT2D eigenvalue weighted by Gasteiger charge is -2.27. The van der Waals surface area contributed by atoms with E-state index < -0.39 is 0 Å². The summed E-state index contributed by atoms with van der Waals surface area (Å²) < 4.78 is 5.39. The van der Waals surface area contributed by atoms with Gasteiger partial charge in [-0.1, -0.05) is 24.3 Å². The molecule has 0 aliphatic carbocycles. The second-order valence-electron chi connectivity index (χ2n) is 4.73. The largest absolute Gasteiger partial charge is 0.496 e. The van der Waals surface area contributed by atoms with Crippen molar-refractivity contribution in [1.29, 1.82) is 0 Å². The Labute approximate surface area is 120 Å². The van der Waals surface area contributed by atoms with E-state index in [9.17, 15) is 0 Å². The van der Waals surface area contributed by atoms with Gasteiger partial charge in [0, 0.05) is 24.8 Å². The Kier molecular flexibility index (Phi) is 5.09. The summed E-state index contributed by atoms with van der Waals surface area (Å²) >= 11 is 0. The van der Waals surface area contributed by atoms with Gasteiger partial charge in [-0.15, -0.1) is 0 Å². The van der Waals surface area contributed by atoms with Crippen LogP contribution >= 0.6 is 0 Å². The van der Waals surface area contributed by atoms with Gasteiger partial charge in [0.2, 0.25) is 0 Å². The quantitative estimate of drug-likeness (QED) is 0.875. The molecule has 0 amide bonds. The molecule has 1 heterocycles. The topological polar surface area (TPSA) is 51.4 Å². The van der Waals surface area contributed by atoms with Crippen LogP contribution in [0.3, 0.4) is 0 Å². The smallest absolute Gasteiger partial charge is 0.123 e. The van der Waals surface area contributed by atoms with Gasteiger partial charge in [-0.05, 0) is 25.2 Å². The van der Waals surface area contributed by atoms with Crippen LogP contribution in [-0.2, 0) is 6.54 Å². The van der Waals surface area contributed by atoms with E-state index in [4.69, 9.17) is 10.5 Å². The maximum atomic E-state index is 5.92. The zero-order valence-electron chi connectivity index (χ0n) is 12.0. The molecular formula is C16H21N3O. The van der Waals surface area contributed by atoms with Gasteiger partial charge in [0.15, 0.2) is 0 Å². The summed E-state index contributed by atoms with van der Waals surface area (Å²) in [6.45, 7) is 1.30. The fourth-order valence-corrected chi connectivity index (χ4v) is 2.31. The second-order valence-corrected chi connectivity index (χ2v) is 4.73. The van der Waals surface area contributed by atoms with E-state index in [0.717, 1.165) is 23.6 Å². The molecule has 0 saturated heterocycles. The Bertz CT molecular complexity index is 530. The molecule has 106 valence electrons. The van der Waals surface area contributed by atoms with Gasteiger partial charge in [0.25, 0.3) is 0 Å². The molecule has 0 fully saturated rings. The molecule has 0 spiro atoms. The molecule has 4 heteroatoms. The average Bonchev–Trinajstić information content (AvgIpc) is 2.49. The molecule has 0 aliphatic rings. The number of nitrogens with zero attached hydrogens (tertiary/aromatic N) is 2. The molecule has 20 heavy (non-hydrogen) atoms. The lowest BCUT2D eigenvalue weighted by molar-refractivity contribution is 0.234. The number of para-hydroxylation sites is 1. The Morgan fingerprint density at radius 3 is 2.60 bits per heavy atom. The molecule has 2 N–H and O–H groups in total. The van der Waals surface area contributed by atoms with Crippen LogP contribution in [0.5, 0.6) is 5.75 Å². The zero-order valence-corrected chi connectivity index (χ0v) is 12.0. The summed E-state index contributed by atoms with van der Waals surface area (Å²) in [7, 11) is 3.75. The number of methoxy groups -OCH3 is 1. The molecule has 0 aliphatic heterocycles. The maximum absolute atomic E-state index is 5.92. The summed E-state index contributed by atoms with van der Waals surface area (Å²) in [5.74, 6) is 0.899. The molecule has 0 radical (unpaired) electrons. The number of aromatic nitrogens is 1. The Hall–Kier alpha value is -1.91. The number of ether oxygens (including phenoxy) is 1. The molecular weight excluding hydrogens is 250 g/mol. The van der Waals surface area contributed by atoms with Crippen molar-refractivity contribution in [1.82, 2.24) is 9.88 Å². The van der Waals surface area contributed by atoms with E-state index in [1.807, 2.05) is 36.4 Å². The van der Waals surface area contributed by atoms with Gasteiger partial charge in [0.05, 0.1) is 18.8 Å².